The van der Waals surface area contributed by atoms with Gasteiger partial charge in [-0.05, 0) is 30.2 Å². The van der Waals surface area contributed by atoms with E-state index in [2.05, 4.69) is 13.8 Å². The average molecular weight is 452 g/mol. The van der Waals surface area contributed by atoms with Gasteiger partial charge >= 0.3 is 0 Å². The maximum Gasteiger partial charge on any atom is 0.234 e. The lowest BCUT2D eigenvalue weighted by molar-refractivity contribution is -0.124. The van der Waals surface area contributed by atoms with Crippen molar-refractivity contribution in [2.75, 3.05) is 36.1 Å². The number of fused-ring (bicyclic) bond motifs is 2. The van der Waals surface area contributed by atoms with Gasteiger partial charge in [-0.1, -0.05) is 37.3 Å². The summed E-state index contributed by atoms with van der Waals surface area (Å²) >= 11 is 1.51. The molecule has 2 amide bonds. The molecule has 1 fully saturated rings. The van der Waals surface area contributed by atoms with Gasteiger partial charge in [0.05, 0.1) is 16.1 Å². The summed E-state index contributed by atoms with van der Waals surface area (Å²) in [6.45, 7) is 6.06. The van der Waals surface area contributed by atoms with Gasteiger partial charge in [0.25, 0.3) is 0 Å². The molecule has 0 radical (unpaired) electrons. The van der Waals surface area contributed by atoms with Crippen molar-refractivity contribution in [1.29, 1.82) is 0 Å². The van der Waals surface area contributed by atoms with E-state index in [4.69, 9.17) is 14.5 Å². The zero-order valence-corrected chi connectivity index (χ0v) is 18.9. The molecule has 3 aromatic rings. The Morgan fingerprint density at radius 2 is 1.97 bits per heavy atom. The summed E-state index contributed by atoms with van der Waals surface area (Å²) in [4.78, 5) is 34.6. The van der Waals surface area contributed by atoms with Gasteiger partial charge in [-0.3, -0.25) is 14.5 Å². The van der Waals surface area contributed by atoms with Gasteiger partial charge < -0.3 is 14.4 Å². The van der Waals surface area contributed by atoms with Crippen molar-refractivity contribution in [3.8, 4) is 11.5 Å². The van der Waals surface area contributed by atoms with E-state index >= 15 is 0 Å². The molecule has 0 aliphatic carbocycles. The molecule has 32 heavy (non-hydrogen) atoms. The summed E-state index contributed by atoms with van der Waals surface area (Å²) in [5.41, 5.74) is 1.61. The first-order valence-electron chi connectivity index (χ1n) is 10.9. The number of hydrogen-bond acceptors (Lipinski definition) is 6. The fraction of sp³-hybridized carbons (Fsp3) is 0.375. The van der Waals surface area contributed by atoms with Gasteiger partial charge in [0.15, 0.2) is 16.6 Å². The van der Waals surface area contributed by atoms with Crippen LogP contribution in [0, 0.1) is 11.8 Å². The minimum absolute atomic E-state index is 0.0499. The summed E-state index contributed by atoms with van der Waals surface area (Å²) in [5, 5.41) is 0.690. The van der Waals surface area contributed by atoms with E-state index in [0.29, 0.717) is 42.9 Å². The number of aromatic nitrogens is 1. The largest absolute Gasteiger partial charge is 0.486 e. The Bertz CT molecular complexity index is 1140. The fourth-order valence-corrected chi connectivity index (χ4v) is 5.13. The predicted molar refractivity (Wildman–Crippen MR) is 125 cm³/mol. The third-order valence-electron chi connectivity index (χ3n) is 5.64. The summed E-state index contributed by atoms with van der Waals surface area (Å²) in [6.07, 6.45) is 0.187. The number of carbonyl (C=O) groups is 2. The van der Waals surface area contributed by atoms with E-state index in [0.717, 1.165) is 15.9 Å². The van der Waals surface area contributed by atoms with Crippen LogP contribution in [0.15, 0.2) is 42.5 Å². The van der Waals surface area contributed by atoms with Crippen molar-refractivity contribution in [3.63, 3.8) is 0 Å². The van der Waals surface area contributed by atoms with Crippen molar-refractivity contribution in [1.82, 2.24) is 4.98 Å². The smallest absolute Gasteiger partial charge is 0.234 e. The van der Waals surface area contributed by atoms with E-state index < -0.39 is 5.92 Å². The normalized spacial score (nSPS) is 17.9. The molecule has 0 unspecified atom stereocenters. The number of para-hydroxylation sites is 1. The minimum atomic E-state index is -0.415. The highest BCUT2D eigenvalue weighted by atomic mass is 32.1. The van der Waals surface area contributed by atoms with E-state index in [1.54, 1.807) is 9.80 Å². The Balaban J connectivity index is 1.39. The van der Waals surface area contributed by atoms with Crippen LogP contribution < -0.4 is 19.3 Å². The highest BCUT2D eigenvalue weighted by molar-refractivity contribution is 7.22. The van der Waals surface area contributed by atoms with Gasteiger partial charge in [-0.25, -0.2) is 4.98 Å². The molecule has 2 aliphatic rings. The first kappa shape index (κ1) is 20.8. The zero-order chi connectivity index (χ0) is 22.2. The molecular weight excluding hydrogens is 426 g/mol. The molecular formula is C24H25N3O4S. The van der Waals surface area contributed by atoms with Gasteiger partial charge in [0.2, 0.25) is 11.8 Å². The van der Waals surface area contributed by atoms with E-state index in [1.165, 1.54) is 11.3 Å². The second-order valence-electron chi connectivity index (χ2n) is 8.54. The molecule has 7 nitrogen and oxygen atoms in total. The molecule has 3 heterocycles. The Morgan fingerprint density at radius 1 is 1.19 bits per heavy atom. The van der Waals surface area contributed by atoms with Crippen LogP contribution in [0.1, 0.15) is 20.3 Å². The lowest BCUT2D eigenvalue weighted by Crippen LogP contribution is -2.39. The molecule has 0 N–H and O–H groups in total. The number of benzene rings is 2. The first-order chi connectivity index (χ1) is 15.5. The number of thiazole rings is 1. The summed E-state index contributed by atoms with van der Waals surface area (Å²) < 4.78 is 12.3. The Morgan fingerprint density at radius 3 is 2.75 bits per heavy atom. The molecule has 0 spiro atoms. The van der Waals surface area contributed by atoms with Crippen LogP contribution in [0.25, 0.3) is 10.2 Å². The number of amides is 2. The number of carbonyl (C=O) groups excluding carboxylic acids is 2. The van der Waals surface area contributed by atoms with Crippen molar-refractivity contribution in [2.45, 2.75) is 20.3 Å². The van der Waals surface area contributed by atoms with Crippen LogP contribution >= 0.6 is 11.3 Å². The van der Waals surface area contributed by atoms with E-state index in [1.807, 2.05) is 42.5 Å². The molecule has 166 valence electrons. The highest BCUT2D eigenvalue weighted by Crippen LogP contribution is 2.37. The van der Waals surface area contributed by atoms with Crippen LogP contribution in [0.3, 0.4) is 0 Å². The molecule has 2 aliphatic heterocycles. The molecule has 1 atom stereocenters. The van der Waals surface area contributed by atoms with Gasteiger partial charge in [0, 0.05) is 31.3 Å². The Labute approximate surface area is 190 Å². The van der Waals surface area contributed by atoms with E-state index in [-0.39, 0.29) is 24.2 Å². The van der Waals surface area contributed by atoms with Crippen LogP contribution in [-0.4, -0.2) is 43.1 Å². The van der Waals surface area contributed by atoms with Gasteiger partial charge in [-0.2, -0.15) is 0 Å². The molecule has 0 bridgehead atoms. The van der Waals surface area contributed by atoms with Crippen molar-refractivity contribution < 1.29 is 19.1 Å². The molecule has 0 saturated carbocycles. The summed E-state index contributed by atoms with van der Waals surface area (Å²) in [5.74, 6) is 1.06. The molecule has 2 aromatic carbocycles. The average Bonchev–Trinajstić information content (AvgIpc) is 3.40. The maximum atomic E-state index is 13.6. The molecule has 8 heteroatoms. The Kier molecular flexibility index (Phi) is 5.46. The maximum absolute atomic E-state index is 13.6. The quantitative estimate of drug-likeness (QED) is 0.584. The number of ether oxygens (including phenoxy) is 2. The number of hydrogen-bond donors (Lipinski definition) is 0. The number of rotatable bonds is 5. The third-order valence-corrected chi connectivity index (χ3v) is 6.70. The monoisotopic (exact) mass is 451 g/mol. The van der Waals surface area contributed by atoms with Crippen LogP contribution in [0.4, 0.5) is 10.8 Å². The lowest BCUT2D eigenvalue weighted by atomic mass is 10.1. The molecule has 5 rings (SSSR count). The summed E-state index contributed by atoms with van der Waals surface area (Å²) in [6, 6.07) is 13.4. The van der Waals surface area contributed by atoms with Gasteiger partial charge in [-0.15, -0.1) is 0 Å². The number of anilines is 2. The lowest BCUT2D eigenvalue weighted by Gasteiger charge is -2.25. The topological polar surface area (TPSA) is 72.0 Å². The third kappa shape index (κ3) is 3.90. The van der Waals surface area contributed by atoms with Gasteiger partial charge in [0.1, 0.15) is 13.2 Å². The second-order valence-corrected chi connectivity index (χ2v) is 9.55. The predicted octanol–water partition coefficient (Wildman–Crippen LogP) is 4.11. The Hall–Kier alpha value is -3.13. The van der Waals surface area contributed by atoms with Crippen molar-refractivity contribution >= 4 is 44.2 Å². The molecule has 1 saturated heterocycles. The fourth-order valence-electron chi connectivity index (χ4n) is 4.15. The van der Waals surface area contributed by atoms with Crippen LogP contribution in [0.2, 0.25) is 0 Å². The van der Waals surface area contributed by atoms with Crippen molar-refractivity contribution in [3.05, 3.63) is 42.5 Å². The van der Waals surface area contributed by atoms with Crippen LogP contribution in [-0.2, 0) is 9.59 Å². The van der Waals surface area contributed by atoms with Crippen LogP contribution in [0.5, 0.6) is 11.5 Å². The number of nitrogens with zero attached hydrogens (tertiary/aromatic N) is 3. The first-order valence-corrected chi connectivity index (χ1v) is 11.7. The SMILES string of the molecule is CC(C)CN(C(=O)[C@@H]1CC(=O)N(c2ccc3c(c2)OCCO3)C1)c1nc2ccccc2s1. The second kappa shape index (κ2) is 8.43. The summed E-state index contributed by atoms with van der Waals surface area (Å²) in [7, 11) is 0. The zero-order valence-electron chi connectivity index (χ0n) is 18.1. The molecule has 1 aromatic heterocycles. The standard InChI is InChI=1S/C24H25N3O4S/c1-15(2)13-27(24-25-18-5-3-4-6-21(18)32-24)23(29)16-11-22(28)26(14-16)17-7-8-19-20(12-17)31-10-9-30-19/h3-8,12,15-16H,9-11,13-14H2,1-2H3/t16-/m1/s1. The minimum Gasteiger partial charge on any atom is -0.486 e. The van der Waals surface area contributed by atoms with E-state index in [9.17, 15) is 9.59 Å². The highest BCUT2D eigenvalue weighted by Gasteiger charge is 2.38. The van der Waals surface area contributed by atoms with Crippen molar-refractivity contribution in [2.24, 2.45) is 11.8 Å².